The van der Waals surface area contributed by atoms with Crippen molar-refractivity contribution >= 4 is 91.2 Å². The van der Waals surface area contributed by atoms with Crippen LogP contribution in [0.25, 0.3) is 0 Å². The number of carbonyl (C=O) groups excluding carboxylic acids is 2. The van der Waals surface area contributed by atoms with E-state index < -0.39 is 5.97 Å². The molecule has 0 aliphatic carbocycles. The summed E-state index contributed by atoms with van der Waals surface area (Å²) in [6.07, 6.45) is 0. The van der Waals surface area contributed by atoms with Gasteiger partial charge in [0.25, 0.3) is 0 Å². The molecule has 3 N–H and O–H groups in total. The molecule has 116 valence electrons. The molecule has 6 nitrogen and oxygen atoms in total. The Morgan fingerprint density at radius 1 is 1.05 bits per heavy atom. The van der Waals surface area contributed by atoms with E-state index in [1.54, 1.807) is 0 Å². The molecule has 0 radical (unpaired) electrons. The molecule has 1 rings (SSSR count). The molecule has 10 heteroatoms. The van der Waals surface area contributed by atoms with Crippen LogP contribution in [0, 0.1) is 10.7 Å². The Kier molecular flexibility index (Phi) is 10.3. The zero-order valence-corrected chi connectivity index (χ0v) is 20.5. The summed E-state index contributed by atoms with van der Waals surface area (Å²) in [7, 11) is 0. The molecule has 0 atom stereocenters. The molecule has 0 spiro atoms. The van der Waals surface area contributed by atoms with E-state index >= 15 is 0 Å². The molecule has 1 aromatic carbocycles. The third-order valence-corrected chi connectivity index (χ3v) is 5.90. The van der Waals surface area contributed by atoms with Crippen LogP contribution in [0.3, 0.4) is 0 Å². The summed E-state index contributed by atoms with van der Waals surface area (Å²) in [5, 5.41) is 14.7. The number of benzene rings is 1. The average Bonchev–Trinajstić information content (AvgIpc) is 2.33. The predicted molar refractivity (Wildman–Crippen MR) is 104 cm³/mol. The van der Waals surface area contributed by atoms with Gasteiger partial charge in [-0.15, -0.1) is 0 Å². The second-order valence-electron chi connectivity index (χ2n) is 4.07. The monoisotopic (exact) mass is 652 g/mol. The van der Waals surface area contributed by atoms with Crippen molar-refractivity contribution in [3.8, 4) is 0 Å². The predicted octanol–water partition coefficient (Wildman–Crippen LogP) is -0.0904. The number of hydrogen-bond donors (Lipinski definition) is 3. The van der Waals surface area contributed by atoms with Crippen LogP contribution in [0.5, 0.6) is 0 Å². The van der Waals surface area contributed by atoms with Gasteiger partial charge in [0.05, 0.1) is 14.8 Å². The SMILES string of the molecule is CC(=O)NCc1c(I)c(NC(C)=O)c(I)c(C(=O)O)c1I.[H-].[Na+]. The van der Waals surface area contributed by atoms with Gasteiger partial charge in [-0.2, -0.15) is 0 Å². The Balaban J connectivity index is 0. The standard InChI is InChI=1S/C12H11I3N2O4.Na.H/c1-4(18)16-3-6-8(13)7(12(20)21)10(15)11(9(6)14)17-5(2)19;;/h3H2,1-2H3,(H,16,18)(H,17,19)(H,20,21);;/q;+1;-1. The largest absolute Gasteiger partial charge is 1.00 e. The minimum atomic E-state index is -1.07. The summed E-state index contributed by atoms with van der Waals surface area (Å²) in [5.41, 5.74) is 1.26. The van der Waals surface area contributed by atoms with Crippen LogP contribution in [0.4, 0.5) is 5.69 Å². The van der Waals surface area contributed by atoms with E-state index in [0.29, 0.717) is 18.4 Å². The van der Waals surface area contributed by atoms with Crippen molar-refractivity contribution in [2.75, 3.05) is 5.32 Å². The van der Waals surface area contributed by atoms with Crippen molar-refractivity contribution in [2.45, 2.75) is 20.4 Å². The second-order valence-corrected chi connectivity index (χ2v) is 7.30. The first-order valence-corrected chi connectivity index (χ1v) is 8.85. The number of hydrogen-bond acceptors (Lipinski definition) is 3. The van der Waals surface area contributed by atoms with E-state index in [4.69, 9.17) is 0 Å². The van der Waals surface area contributed by atoms with Crippen LogP contribution in [-0.4, -0.2) is 22.9 Å². The van der Waals surface area contributed by atoms with Crippen molar-refractivity contribution in [3.63, 3.8) is 0 Å². The smallest absolute Gasteiger partial charge is 1.00 e. The minimum absolute atomic E-state index is 0. The van der Waals surface area contributed by atoms with E-state index in [-0.39, 0.29) is 54.9 Å². The van der Waals surface area contributed by atoms with Gasteiger partial charge >= 0.3 is 35.5 Å². The topological polar surface area (TPSA) is 95.5 Å². The van der Waals surface area contributed by atoms with Crippen molar-refractivity contribution in [2.24, 2.45) is 0 Å². The van der Waals surface area contributed by atoms with Gasteiger partial charge in [-0.25, -0.2) is 4.79 Å². The Hall–Kier alpha value is 0.820. The zero-order chi connectivity index (χ0) is 16.3. The number of nitrogens with one attached hydrogen (secondary N) is 2. The maximum atomic E-state index is 11.5. The summed E-state index contributed by atoms with van der Waals surface area (Å²) in [5.74, 6) is -1.57. The number of carboxylic acids is 1. The van der Waals surface area contributed by atoms with Crippen molar-refractivity contribution in [3.05, 3.63) is 21.8 Å². The van der Waals surface area contributed by atoms with Crippen molar-refractivity contribution in [1.29, 1.82) is 0 Å². The van der Waals surface area contributed by atoms with Crippen LogP contribution < -0.4 is 40.2 Å². The molecule has 2 amide bonds. The first kappa shape index (κ1) is 22.8. The normalized spacial score (nSPS) is 9.68. The number of aromatic carboxylic acids is 1. The van der Waals surface area contributed by atoms with Crippen LogP contribution in [-0.2, 0) is 16.1 Å². The van der Waals surface area contributed by atoms with Crippen LogP contribution in [0.2, 0.25) is 0 Å². The van der Waals surface area contributed by atoms with E-state index in [9.17, 15) is 19.5 Å². The number of anilines is 1. The Bertz CT molecular complexity index is 643. The summed E-state index contributed by atoms with van der Waals surface area (Å²) in [6.45, 7) is 2.95. The fourth-order valence-corrected chi connectivity index (χ4v) is 5.84. The molecule has 0 heterocycles. The van der Waals surface area contributed by atoms with Gasteiger partial charge in [0.15, 0.2) is 0 Å². The van der Waals surface area contributed by atoms with Crippen LogP contribution >= 0.6 is 67.8 Å². The van der Waals surface area contributed by atoms with Gasteiger partial charge in [-0.1, -0.05) is 0 Å². The molecule has 0 unspecified atom stereocenters. The quantitative estimate of drug-likeness (QED) is 0.314. The number of carbonyl (C=O) groups is 3. The third-order valence-electron chi connectivity index (χ3n) is 2.44. The summed E-state index contributed by atoms with van der Waals surface area (Å²) in [4.78, 5) is 33.9. The Labute approximate surface area is 192 Å². The van der Waals surface area contributed by atoms with Gasteiger partial charge in [0.1, 0.15) is 0 Å². The molecular formula is C12H12I3N2NaO4. The summed E-state index contributed by atoms with van der Waals surface area (Å²) >= 11 is 5.90. The molecule has 0 fully saturated rings. The number of carboxylic acid groups (broad SMARTS) is 1. The average molecular weight is 652 g/mol. The van der Waals surface area contributed by atoms with E-state index in [2.05, 4.69) is 10.6 Å². The molecule has 0 saturated carbocycles. The maximum absolute atomic E-state index is 11.5. The third kappa shape index (κ3) is 5.72. The van der Waals surface area contributed by atoms with Gasteiger partial charge in [-0.3, -0.25) is 9.59 Å². The second kappa shape index (κ2) is 9.96. The number of rotatable bonds is 4. The molecule has 0 bridgehead atoms. The van der Waals surface area contributed by atoms with Crippen LogP contribution in [0.1, 0.15) is 31.2 Å². The van der Waals surface area contributed by atoms with E-state index in [1.807, 2.05) is 67.8 Å². The first-order valence-electron chi connectivity index (χ1n) is 5.61. The molecular weight excluding hydrogens is 640 g/mol. The Morgan fingerprint density at radius 2 is 1.59 bits per heavy atom. The minimum Gasteiger partial charge on any atom is -1.00 e. The van der Waals surface area contributed by atoms with Crippen molar-refractivity contribution < 1.29 is 50.5 Å². The fourth-order valence-electron chi connectivity index (χ4n) is 1.56. The number of halogens is 3. The van der Waals surface area contributed by atoms with Crippen LogP contribution in [0.15, 0.2) is 0 Å². The summed E-state index contributed by atoms with van der Waals surface area (Å²) in [6, 6.07) is 0. The molecule has 22 heavy (non-hydrogen) atoms. The van der Waals surface area contributed by atoms with Crippen molar-refractivity contribution in [1.82, 2.24) is 5.32 Å². The fraction of sp³-hybridized carbons (Fsp3) is 0.250. The van der Waals surface area contributed by atoms with E-state index in [0.717, 1.165) is 3.57 Å². The number of amides is 2. The van der Waals surface area contributed by atoms with Gasteiger partial charge < -0.3 is 17.2 Å². The molecule has 0 aliphatic heterocycles. The van der Waals surface area contributed by atoms with Gasteiger partial charge in [0.2, 0.25) is 11.8 Å². The molecule has 0 saturated heterocycles. The molecule has 0 aliphatic rings. The summed E-state index contributed by atoms with van der Waals surface area (Å²) < 4.78 is 1.74. The van der Waals surface area contributed by atoms with Gasteiger partial charge in [-0.05, 0) is 67.8 Å². The Morgan fingerprint density at radius 3 is 2.00 bits per heavy atom. The first-order chi connectivity index (χ1) is 9.66. The zero-order valence-electron chi connectivity index (χ0n) is 13.0. The molecule has 1 aromatic rings. The van der Waals surface area contributed by atoms with E-state index in [1.165, 1.54) is 13.8 Å². The molecule has 0 aromatic heterocycles. The van der Waals surface area contributed by atoms with Gasteiger partial charge in [0, 0.05) is 33.1 Å². The maximum Gasteiger partial charge on any atom is 1.00 e.